The normalized spacial score (nSPS) is 16.2. The number of amides is 3. The molecule has 0 unspecified atom stereocenters. The lowest BCUT2D eigenvalue weighted by Gasteiger charge is -2.37. The molecule has 6 nitrogen and oxygen atoms in total. The summed E-state index contributed by atoms with van der Waals surface area (Å²) in [6.45, 7) is 12.4. The first-order chi connectivity index (χ1) is 15.8. The van der Waals surface area contributed by atoms with E-state index in [1.54, 1.807) is 16.2 Å². The van der Waals surface area contributed by atoms with Gasteiger partial charge < -0.3 is 19.9 Å². The van der Waals surface area contributed by atoms with E-state index in [4.69, 9.17) is 4.74 Å². The van der Waals surface area contributed by atoms with Gasteiger partial charge in [-0.25, -0.2) is 4.79 Å². The number of carbonyl (C=O) groups excluding carboxylic acids is 2. The molecular weight excluding hydrogens is 434 g/mol. The molecule has 1 N–H and O–H groups in total. The van der Waals surface area contributed by atoms with E-state index in [0.717, 1.165) is 29.7 Å². The number of urea groups is 1. The van der Waals surface area contributed by atoms with Gasteiger partial charge in [-0.3, -0.25) is 4.79 Å². The van der Waals surface area contributed by atoms with Gasteiger partial charge in [0.2, 0.25) is 5.91 Å². The van der Waals surface area contributed by atoms with Gasteiger partial charge in [0, 0.05) is 24.5 Å². The quantitative estimate of drug-likeness (QED) is 0.563. The summed E-state index contributed by atoms with van der Waals surface area (Å²) in [6, 6.07) is 7.92. The zero-order valence-electron chi connectivity index (χ0n) is 20.5. The molecule has 0 aliphatic carbocycles. The minimum Gasteiger partial charge on any atom is -0.491 e. The summed E-state index contributed by atoms with van der Waals surface area (Å²) in [5, 5.41) is 4.95. The van der Waals surface area contributed by atoms with Crippen LogP contribution in [0, 0.1) is 19.8 Å². The lowest BCUT2D eigenvalue weighted by Crippen LogP contribution is -2.50. The summed E-state index contributed by atoms with van der Waals surface area (Å²) < 4.78 is 6.23. The molecule has 2 atom stereocenters. The maximum atomic E-state index is 13.5. The van der Waals surface area contributed by atoms with Crippen LogP contribution in [0.1, 0.15) is 54.8 Å². The van der Waals surface area contributed by atoms with Gasteiger partial charge in [0.05, 0.1) is 6.04 Å². The number of benzene rings is 1. The highest BCUT2D eigenvalue weighted by Gasteiger charge is 2.33. The number of hydrogen-bond donors (Lipinski definition) is 1. The highest BCUT2D eigenvalue weighted by Crippen LogP contribution is 2.34. The minimum absolute atomic E-state index is 0.0318. The van der Waals surface area contributed by atoms with Crippen LogP contribution in [-0.4, -0.2) is 54.5 Å². The van der Waals surface area contributed by atoms with Crippen molar-refractivity contribution < 1.29 is 14.3 Å². The molecule has 7 heteroatoms. The Morgan fingerprint density at radius 2 is 2.06 bits per heavy atom. The van der Waals surface area contributed by atoms with E-state index in [2.05, 4.69) is 43.6 Å². The van der Waals surface area contributed by atoms with Crippen LogP contribution >= 0.6 is 11.3 Å². The molecule has 0 spiro atoms. The molecule has 2 heterocycles. The maximum absolute atomic E-state index is 13.5. The number of thiophene rings is 1. The van der Waals surface area contributed by atoms with Gasteiger partial charge in [-0.15, -0.1) is 11.3 Å². The van der Waals surface area contributed by atoms with Crippen LogP contribution in [0.5, 0.6) is 5.75 Å². The third-order valence-electron chi connectivity index (χ3n) is 6.31. The van der Waals surface area contributed by atoms with Crippen molar-refractivity contribution in [2.24, 2.45) is 5.92 Å². The number of hydrogen-bond acceptors (Lipinski definition) is 4. The Morgan fingerprint density at radius 3 is 2.76 bits per heavy atom. The molecule has 2 aromatic rings. The summed E-state index contributed by atoms with van der Waals surface area (Å²) in [7, 11) is 0. The Balaban J connectivity index is 1.78. The fourth-order valence-electron chi connectivity index (χ4n) is 4.25. The number of rotatable bonds is 9. The molecule has 1 aliphatic heterocycles. The van der Waals surface area contributed by atoms with Crippen molar-refractivity contribution in [1.29, 1.82) is 0 Å². The Labute approximate surface area is 201 Å². The van der Waals surface area contributed by atoms with E-state index in [1.165, 1.54) is 10.4 Å². The molecule has 1 aliphatic rings. The van der Waals surface area contributed by atoms with Crippen LogP contribution in [-0.2, 0) is 11.2 Å². The average Bonchev–Trinajstić information content (AvgIpc) is 3.27. The number of carbonyl (C=O) groups is 2. The van der Waals surface area contributed by atoms with Crippen molar-refractivity contribution in [2.45, 2.75) is 53.5 Å². The first-order valence-electron chi connectivity index (χ1n) is 11.9. The third-order valence-corrected chi connectivity index (χ3v) is 7.31. The van der Waals surface area contributed by atoms with Crippen LogP contribution in [0.3, 0.4) is 0 Å². The smallest absolute Gasteiger partial charge is 0.317 e. The molecule has 1 aromatic carbocycles. The van der Waals surface area contributed by atoms with Crippen molar-refractivity contribution in [3.05, 3.63) is 51.2 Å². The van der Waals surface area contributed by atoms with Gasteiger partial charge in [0.1, 0.15) is 18.9 Å². The maximum Gasteiger partial charge on any atom is 0.317 e. The standard InChI is InChI=1S/C26H37N3O3S/c1-6-18(3)15-28(26(31)27-7-2)16-25(30)29-12-10-24-21(11-13-33-24)22(29)17-32-23-9-8-19(4)14-20(23)5/h8-9,11,13-14,18,22H,6-7,10,12,15-17H2,1-5H3,(H,27,31)/t18-,22-/m1/s1. The van der Waals surface area contributed by atoms with E-state index < -0.39 is 0 Å². The summed E-state index contributed by atoms with van der Waals surface area (Å²) >= 11 is 1.74. The second-order valence-corrected chi connectivity index (χ2v) is 9.96. The molecule has 33 heavy (non-hydrogen) atoms. The fourth-order valence-corrected chi connectivity index (χ4v) is 5.17. The second-order valence-electron chi connectivity index (χ2n) is 8.96. The van der Waals surface area contributed by atoms with Gasteiger partial charge in [-0.2, -0.15) is 0 Å². The summed E-state index contributed by atoms with van der Waals surface area (Å²) in [5.41, 5.74) is 3.45. The van der Waals surface area contributed by atoms with Gasteiger partial charge in [0.25, 0.3) is 0 Å². The van der Waals surface area contributed by atoms with Crippen molar-refractivity contribution >= 4 is 23.3 Å². The number of nitrogens with zero attached hydrogens (tertiary/aromatic N) is 2. The zero-order chi connectivity index (χ0) is 24.0. The average molecular weight is 472 g/mol. The molecule has 3 rings (SSSR count). The highest BCUT2D eigenvalue weighted by molar-refractivity contribution is 7.10. The number of aryl methyl sites for hydroxylation is 2. The first-order valence-corrected chi connectivity index (χ1v) is 12.8. The van der Waals surface area contributed by atoms with Crippen LogP contribution in [0.2, 0.25) is 0 Å². The lowest BCUT2D eigenvalue weighted by atomic mass is 10.00. The predicted molar refractivity (Wildman–Crippen MR) is 134 cm³/mol. The second kappa shape index (κ2) is 11.5. The molecule has 1 aromatic heterocycles. The topological polar surface area (TPSA) is 61.9 Å². The van der Waals surface area contributed by atoms with Crippen LogP contribution < -0.4 is 10.1 Å². The molecule has 0 bridgehead atoms. The predicted octanol–water partition coefficient (Wildman–Crippen LogP) is 4.95. The largest absolute Gasteiger partial charge is 0.491 e. The Kier molecular flexibility index (Phi) is 8.78. The van der Waals surface area contributed by atoms with Crippen molar-refractivity contribution in [3.8, 4) is 5.75 Å². The molecular formula is C26H37N3O3S. The third kappa shape index (κ3) is 6.28. The first kappa shape index (κ1) is 25.1. The Hall–Kier alpha value is -2.54. The van der Waals surface area contributed by atoms with Gasteiger partial charge >= 0.3 is 6.03 Å². The Bertz CT molecular complexity index is 958. The monoisotopic (exact) mass is 471 g/mol. The zero-order valence-corrected chi connectivity index (χ0v) is 21.3. The molecule has 3 amide bonds. The molecule has 0 saturated carbocycles. The van der Waals surface area contributed by atoms with E-state index in [1.807, 2.05) is 30.9 Å². The van der Waals surface area contributed by atoms with E-state index >= 15 is 0 Å². The van der Waals surface area contributed by atoms with E-state index in [-0.39, 0.29) is 24.5 Å². The molecule has 0 saturated heterocycles. The highest BCUT2D eigenvalue weighted by atomic mass is 32.1. The van der Waals surface area contributed by atoms with Crippen molar-refractivity contribution in [1.82, 2.24) is 15.1 Å². The molecule has 0 fully saturated rings. The van der Waals surface area contributed by atoms with Gasteiger partial charge in [-0.05, 0) is 61.7 Å². The Morgan fingerprint density at radius 1 is 1.27 bits per heavy atom. The van der Waals surface area contributed by atoms with Crippen LogP contribution in [0.4, 0.5) is 4.79 Å². The van der Waals surface area contributed by atoms with Gasteiger partial charge in [-0.1, -0.05) is 38.0 Å². The van der Waals surface area contributed by atoms with E-state index in [9.17, 15) is 9.59 Å². The number of nitrogens with one attached hydrogen (secondary N) is 1. The van der Waals surface area contributed by atoms with Gasteiger partial charge in [0.15, 0.2) is 0 Å². The summed E-state index contributed by atoms with van der Waals surface area (Å²) in [5.74, 6) is 1.14. The minimum atomic E-state index is -0.178. The van der Waals surface area contributed by atoms with E-state index in [0.29, 0.717) is 32.2 Å². The van der Waals surface area contributed by atoms with Crippen LogP contribution in [0.25, 0.3) is 0 Å². The molecule has 180 valence electrons. The van der Waals surface area contributed by atoms with Crippen molar-refractivity contribution in [3.63, 3.8) is 0 Å². The van der Waals surface area contributed by atoms with Crippen molar-refractivity contribution in [2.75, 3.05) is 32.8 Å². The number of ether oxygens (including phenoxy) is 1. The lowest BCUT2D eigenvalue weighted by molar-refractivity contribution is -0.135. The number of fused-ring (bicyclic) bond motifs is 1. The summed E-state index contributed by atoms with van der Waals surface area (Å²) in [4.78, 5) is 31.0. The molecule has 0 radical (unpaired) electrons. The van der Waals surface area contributed by atoms with Crippen LogP contribution in [0.15, 0.2) is 29.6 Å². The fraction of sp³-hybridized carbons (Fsp3) is 0.538. The summed E-state index contributed by atoms with van der Waals surface area (Å²) in [6.07, 6.45) is 1.80. The SMILES string of the molecule is CCNC(=O)N(CC(=O)N1CCc2sccc2[C@H]1COc1ccc(C)cc1C)C[C@H](C)CC.